The van der Waals surface area contributed by atoms with Crippen molar-refractivity contribution >= 4 is 29.2 Å². The zero-order chi connectivity index (χ0) is 26.6. The summed E-state index contributed by atoms with van der Waals surface area (Å²) in [6, 6.07) is 11.9. The van der Waals surface area contributed by atoms with E-state index in [0.717, 1.165) is 28.6 Å². The quantitative estimate of drug-likeness (QED) is 0.355. The van der Waals surface area contributed by atoms with Gasteiger partial charge in [0.05, 0.1) is 23.4 Å². The molecule has 0 fully saturated rings. The van der Waals surface area contributed by atoms with E-state index in [4.69, 9.17) is 0 Å². The molecule has 0 aliphatic carbocycles. The Balaban J connectivity index is 1.85. The number of carbonyl (C=O) groups is 3. The monoisotopic (exact) mass is 498 g/mol. The van der Waals surface area contributed by atoms with Crippen LogP contribution in [0.25, 0.3) is 11.1 Å². The lowest BCUT2D eigenvalue weighted by Gasteiger charge is -2.19. The number of alkyl halides is 3. The standard InChI is InChI=1S/C26H24F3N3O4/c1-4-16-11-21(32-25(35)36)22(12-20(16)26(27,28)29)31-24(34)13-23(33)18-7-5-6-17(10-18)19-8-14(2)30-15(3)9-19/h5-12,32H,4,13H2,1-3H3,(H,31,34)(H,35,36)/p-1. The molecule has 2 amide bonds. The van der Waals surface area contributed by atoms with Gasteiger partial charge in [0, 0.05) is 17.0 Å². The summed E-state index contributed by atoms with van der Waals surface area (Å²) in [5.41, 5.74) is 1.51. The maximum absolute atomic E-state index is 13.5. The molecule has 3 rings (SSSR count). The molecule has 0 saturated heterocycles. The molecule has 1 heterocycles. The van der Waals surface area contributed by atoms with Crippen LogP contribution in [0.3, 0.4) is 0 Å². The summed E-state index contributed by atoms with van der Waals surface area (Å²) in [6.45, 7) is 5.17. The van der Waals surface area contributed by atoms with Crippen LogP contribution in [-0.2, 0) is 17.4 Å². The Hall–Kier alpha value is -4.21. The molecule has 0 atom stereocenters. The van der Waals surface area contributed by atoms with E-state index in [0.29, 0.717) is 6.07 Å². The van der Waals surface area contributed by atoms with Gasteiger partial charge < -0.3 is 20.5 Å². The number of amides is 2. The molecule has 10 heteroatoms. The van der Waals surface area contributed by atoms with Crippen LogP contribution >= 0.6 is 0 Å². The normalized spacial score (nSPS) is 11.2. The number of carbonyl (C=O) groups excluding carboxylic acids is 3. The van der Waals surface area contributed by atoms with Crippen molar-refractivity contribution in [1.29, 1.82) is 0 Å². The molecule has 0 spiro atoms. The summed E-state index contributed by atoms with van der Waals surface area (Å²) < 4.78 is 40.5. The Morgan fingerprint density at radius 2 is 1.56 bits per heavy atom. The summed E-state index contributed by atoms with van der Waals surface area (Å²) in [5.74, 6) is -1.47. The molecule has 3 aromatic rings. The summed E-state index contributed by atoms with van der Waals surface area (Å²) >= 11 is 0. The summed E-state index contributed by atoms with van der Waals surface area (Å²) in [5, 5.41) is 15.1. The van der Waals surface area contributed by atoms with Crippen molar-refractivity contribution < 1.29 is 32.7 Å². The largest absolute Gasteiger partial charge is 0.530 e. The Kier molecular flexibility index (Phi) is 7.77. The van der Waals surface area contributed by atoms with Crippen LogP contribution in [0.15, 0.2) is 48.5 Å². The van der Waals surface area contributed by atoms with Crippen molar-refractivity contribution in [2.24, 2.45) is 0 Å². The number of Topliss-reactive ketones (excluding diaryl/α,β-unsaturated/α-hetero) is 1. The number of nitrogens with zero attached hydrogens (tertiary/aromatic N) is 1. The summed E-state index contributed by atoms with van der Waals surface area (Å²) in [4.78, 5) is 40.7. The van der Waals surface area contributed by atoms with Crippen LogP contribution in [-0.4, -0.2) is 22.8 Å². The summed E-state index contributed by atoms with van der Waals surface area (Å²) in [6.07, 6.45) is -7.19. The number of pyridine rings is 1. The van der Waals surface area contributed by atoms with E-state index in [9.17, 15) is 32.7 Å². The third kappa shape index (κ3) is 6.47. The maximum atomic E-state index is 13.5. The van der Waals surface area contributed by atoms with Crippen molar-refractivity contribution in [2.45, 2.75) is 39.8 Å². The molecule has 0 radical (unpaired) electrons. The molecule has 0 unspecified atom stereocenters. The number of aromatic nitrogens is 1. The van der Waals surface area contributed by atoms with Crippen molar-refractivity contribution in [1.82, 2.24) is 4.98 Å². The fraction of sp³-hybridized carbons (Fsp3) is 0.231. The third-order valence-corrected chi connectivity index (χ3v) is 5.36. The highest BCUT2D eigenvalue weighted by molar-refractivity contribution is 6.12. The molecule has 36 heavy (non-hydrogen) atoms. The lowest BCUT2D eigenvalue weighted by atomic mass is 9.99. The molecular weight excluding hydrogens is 475 g/mol. The van der Waals surface area contributed by atoms with Gasteiger partial charge in [-0.15, -0.1) is 0 Å². The first-order valence-corrected chi connectivity index (χ1v) is 11.0. The second kappa shape index (κ2) is 10.6. The number of hydrogen-bond acceptors (Lipinski definition) is 5. The minimum absolute atomic E-state index is 0.0316. The number of ketones is 1. The first kappa shape index (κ1) is 26.4. The second-order valence-corrected chi connectivity index (χ2v) is 8.19. The average molecular weight is 498 g/mol. The van der Waals surface area contributed by atoms with Gasteiger partial charge in [0.1, 0.15) is 6.09 Å². The zero-order valence-corrected chi connectivity index (χ0v) is 19.7. The highest BCUT2D eigenvalue weighted by Gasteiger charge is 2.34. The zero-order valence-electron chi connectivity index (χ0n) is 19.7. The number of carboxylic acid groups (broad SMARTS) is 1. The SMILES string of the molecule is CCc1cc(NC(=O)[O-])c(NC(=O)CC(=O)c2cccc(-c3cc(C)nc(C)c3)c2)cc1C(F)(F)F. The molecule has 0 aliphatic heterocycles. The van der Waals surface area contributed by atoms with Gasteiger partial charge in [-0.25, -0.2) is 0 Å². The molecule has 0 bridgehead atoms. The van der Waals surface area contributed by atoms with Crippen LogP contribution in [0, 0.1) is 13.8 Å². The van der Waals surface area contributed by atoms with E-state index in [1.165, 1.54) is 13.0 Å². The number of benzene rings is 2. The highest BCUT2D eigenvalue weighted by Crippen LogP contribution is 2.37. The topological polar surface area (TPSA) is 111 Å². The minimum atomic E-state index is -4.73. The fourth-order valence-electron chi connectivity index (χ4n) is 3.83. The number of aryl methyl sites for hydroxylation is 3. The van der Waals surface area contributed by atoms with Gasteiger partial charge in [-0.05, 0) is 67.3 Å². The number of halogens is 3. The van der Waals surface area contributed by atoms with Crippen LogP contribution in [0.5, 0.6) is 0 Å². The Morgan fingerprint density at radius 3 is 2.14 bits per heavy atom. The van der Waals surface area contributed by atoms with Crippen LogP contribution in [0.2, 0.25) is 0 Å². The van der Waals surface area contributed by atoms with Crippen LogP contribution in [0.1, 0.15) is 46.2 Å². The van der Waals surface area contributed by atoms with Gasteiger partial charge in [0.15, 0.2) is 5.78 Å². The molecule has 0 aliphatic rings. The van der Waals surface area contributed by atoms with E-state index in [1.807, 2.05) is 31.3 Å². The van der Waals surface area contributed by atoms with Gasteiger partial charge >= 0.3 is 6.18 Å². The lowest BCUT2D eigenvalue weighted by molar-refractivity contribution is -0.242. The molecule has 1 aromatic heterocycles. The molecular formula is C26H23F3N3O4-. The number of nitrogens with one attached hydrogen (secondary N) is 2. The first-order chi connectivity index (χ1) is 16.9. The number of anilines is 2. The molecule has 2 aromatic carbocycles. The molecule has 188 valence electrons. The van der Waals surface area contributed by atoms with Crippen molar-refractivity contribution in [2.75, 3.05) is 10.6 Å². The smallest absolute Gasteiger partial charge is 0.416 e. The van der Waals surface area contributed by atoms with Gasteiger partial charge in [0.25, 0.3) is 0 Å². The van der Waals surface area contributed by atoms with Gasteiger partial charge in [0.2, 0.25) is 5.91 Å². The lowest BCUT2D eigenvalue weighted by Crippen LogP contribution is -2.30. The predicted molar refractivity (Wildman–Crippen MR) is 127 cm³/mol. The summed E-state index contributed by atoms with van der Waals surface area (Å²) in [7, 11) is 0. The van der Waals surface area contributed by atoms with Crippen molar-refractivity contribution in [3.05, 3.63) is 76.6 Å². The fourth-order valence-corrected chi connectivity index (χ4v) is 3.83. The van der Waals surface area contributed by atoms with E-state index < -0.39 is 41.6 Å². The van der Waals surface area contributed by atoms with Crippen molar-refractivity contribution in [3.63, 3.8) is 0 Å². The molecule has 7 nitrogen and oxygen atoms in total. The molecule has 2 N–H and O–H groups in total. The minimum Gasteiger partial charge on any atom is -0.530 e. The maximum Gasteiger partial charge on any atom is 0.416 e. The number of hydrogen-bond donors (Lipinski definition) is 2. The first-order valence-electron chi connectivity index (χ1n) is 11.0. The highest BCUT2D eigenvalue weighted by atomic mass is 19.4. The van der Waals surface area contributed by atoms with Crippen molar-refractivity contribution in [3.8, 4) is 11.1 Å². The van der Waals surface area contributed by atoms with E-state index >= 15 is 0 Å². The van der Waals surface area contributed by atoms with Crippen LogP contribution in [0.4, 0.5) is 29.3 Å². The average Bonchev–Trinajstić information content (AvgIpc) is 2.78. The predicted octanol–water partition coefficient (Wildman–Crippen LogP) is 4.91. The Bertz CT molecular complexity index is 1320. The number of rotatable bonds is 7. The molecule has 0 saturated carbocycles. The second-order valence-electron chi connectivity index (χ2n) is 8.19. The van der Waals surface area contributed by atoms with Crippen LogP contribution < -0.4 is 15.7 Å². The van der Waals surface area contributed by atoms with Gasteiger partial charge in [-0.3, -0.25) is 14.6 Å². The van der Waals surface area contributed by atoms with Gasteiger partial charge in [-0.2, -0.15) is 13.2 Å². The Labute approximate surface area is 205 Å². The van der Waals surface area contributed by atoms with E-state index in [2.05, 4.69) is 10.3 Å². The van der Waals surface area contributed by atoms with E-state index in [-0.39, 0.29) is 23.2 Å². The van der Waals surface area contributed by atoms with Gasteiger partial charge in [-0.1, -0.05) is 25.1 Å². The van der Waals surface area contributed by atoms with E-state index in [1.54, 1.807) is 18.2 Å². The third-order valence-electron chi connectivity index (χ3n) is 5.36. The Morgan fingerprint density at radius 1 is 0.917 bits per heavy atom.